The predicted octanol–water partition coefficient (Wildman–Crippen LogP) is 0.920. The molecule has 12 atom stereocenters. The summed E-state index contributed by atoms with van der Waals surface area (Å²) in [6.45, 7) is 8.47. The highest BCUT2D eigenvalue weighted by Gasteiger charge is 2.82. The highest BCUT2D eigenvalue weighted by molar-refractivity contribution is 5.90. The van der Waals surface area contributed by atoms with E-state index in [-0.39, 0.29) is 44.3 Å². The van der Waals surface area contributed by atoms with E-state index in [0.717, 1.165) is 5.57 Å². The third-order valence-electron chi connectivity index (χ3n) is 12.6. The zero-order valence-electron chi connectivity index (χ0n) is 22.3. The van der Waals surface area contributed by atoms with E-state index in [4.69, 9.17) is 9.47 Å². The first-order valence-electron chi connectivity index (χ1n) is 13.6. The lowest BCUT2D eigenvalue weighted by Crippen LogP contribution is -2.77. The standard InChI is InChI=1S/C28H40O9/c1-13-10-19(37-22(31)14(13)2)25(5,32)27(34)9-8-26(33)16-11-20-28(35)21(30)17(36-20)12-18(29)24(28,4)15(16)6-7-23(26,27)3/h15-17,19-21,30,32-35H,6-12H2,1-5H3/t15-,16-,17-,19+,20+,21+,23+,24+,25+,26-,27+,28+/m1/s1. The number of fused-ring (bicyclic) bond motifs is 5. The second kappa shape index (κ2) is 7.23. The van der Waals surface area contributed by atoms with Gasteiger partial charge in [-0.05, 0) is 71.6 Å². The van der Waals surface area contributed by atoms with Crippen LogP contribution in [0.3, 0.4) is 0 Å². The molecule has 1 saturated heterocycles. The molecule has 5 fully saturated rings. The molecule has 37 heavy (non-hydrogen) atoms. The lowest BCUT2D eigenvalue weighted by molar-refractivity contribution is -0.300. The van der Waals surface area contributed by atoms with Crippen molar-refractivity contribution < 1.29 is 44.6 Å². The van der Waals surface area contributed by atoms with E-state index in [1.54, 1.807) is 20.8 Å². The number of hydrogen-bond acceptors (Lipinski definition) is 9. The van der Waals surface area contributed by atoms with Gasteiger partial charge in [-0.2, -0.15) is 0 Å². The topological polar surface area (TPSA) is 154 Å². The number of esters is 1. The Morgan fingerprint density at radius 3 is 2.32 bits per heavy atom. The van der Waals surface area contributed by atoms with Crippen molar-refractivity contribution in [2.45, 2.75) is 126 Å². The molecule has 206 valence electrons. The fourth-order valence-corrected chi connectivity index (χ4v) is 9.84. The van der Waals surface area contributed by atoms with Crippen LogP contribution in [0.2, 0.25) is 0 Å². The molecule has 0 radical (unpaired) electrons. The van der Waals surface area contributed by atoms with Gasteiger partial charge in [0.2, 0.25) is 0 Å². The summed E-state index contributed by atoms with van der Waals surface area (Å²) in [5, 5.41) is 59.5. The maximum atomic E-state index is 13.5. The first kappa shape index (κ1) is 25.9. The molecule has 0 unspecified atom stereocenters. The SMILES string of the molecule is CC1=C(C)C(=O)O[C@H]([C@](C)(O)[C@]2(O)CC[C@@]3(O)[C@@H]4C[C@@H]5O[C@@H]6CC(=O)[C@](C)([C@@H]4CC[C@]23C)[C@@]5(O)[C@H]6O)C1. The molecule has 0 aromatic carbocycles. The maximum absolute atomic E-state index is 13.5. The minimum Gasteiger partial charge on any atom is -0.455 e. The van der Waals surface area contributed by atoms with Crippen LogP contribution >= 0.6 is 0 Å². The van der Waals surface area contributed by atoms with Crippen LogP contribution in [-0.4, -0.2) is 84.1 Å². The van der Waals surface area contributed by atoms with Gasteiger partial charge in [0.15, 0.2) is 0 Å². The van der Waals surface area contributed by atoms with E-state index in [2.05, 4.69) is 0 Å². The average Bonchev–Trinajstić information content (AvgIpc) is 3.19. The molecule has 4 aliphatic carbocycles. The molecule has 9 nitrogen and oxygen atoms in total. The Labute approximate surface area is 216 Å². The number of Topliss-reactive ketones (excluding diaryl/α,β-unsaturated/α-hetero) is 1. The van der Waals surface area contributed by atoms with Gasteiger partial charge in [0.1, 0.15) is 34.8 Å². The summed E-state index contributed by atoms with van der Waals surface area (Å²) in [4.78, 5) is 26.0. The van der Waals surface area contributed by atoms with Crippen LogP contribution in [0.5, 0.6) is 0 Å². The van der Waals surface area contributed by atoms with Crippen LogP contribution in [0.4, 0.5) is 0 Å². The molecule has 0 amide bonds. The largest absolute Gasteiger partial charge is 0.455 e. The lowest BCUT2D eigenvalue weighted by atomic mass is 9.40. The molecule has 4 saturated carbocycles. The van der Waals surface area contributed by atoms with Crippen LogP contribution in [0.1, 0.15) is 79.6 Å². The van der Waals surface area contributed by atoms with Gasteiger partial charge in [0, 0.05) is 23.8 Å². The minimum atomic E-state index is -1.86. The Balaban J connectivity index is 1.40. The summed E-state index contributed by atoms with van der Waals surface area (Å²) in [7, 11) is 0. The number of hydrogen-bond donors (Lipinski definition) is 5. The summed E-state index contributed by atoms with van der Waals surface area (Å²) < 4.78 is 11.6. The first-order chi connectivity index (χ1) is 17.0. The number of carbonyl (C=O) groups is 2. The molecule has 0 spiro atoms. The molecular formula is C28H40O9. The van der Waals surface area contributed by atoms with E-state index in [9.17, 15) is 35.1 Å². The van der Waals surface area contributed by atoms with Crippen molar-refractivity contribution in [2.75, 3.05) is 0 Å². The fourth-order valence-electron chi connectivity index (χ4n) is 9.84. The number of cyclic esters (lactones) is 1. The number of carbonyl (C=O) groups excluding carboxylic acids is 2. The van der Waals surface area contributed by atoms with Crippen molar-refractivity contribution in [1.29, 1.82) is 0 Å². The van der Waals surface area contributed by atoms with Crippen molar-refractivity contribution in [3.8, 4) is 0 Å². The Bertz CT molecular complexity index is 1110. The predicted molar refractivity (Wildman–Crippen MR) is 129 cm³/mol. The van der Waals surface area contributed by atoms with Crippen molar-refractivity contribution >= 4 is 11.8 Å². The Kier molecular flexibility index (Phi) is 5.06. The Hall–Kier alpha value is -1.36. The zero-order valence-corrected chi connectivity index (χ0v) is 22.3. The molecule has 9 heteroatoms. The summed E-state index contributed by atoms with van der Waals surface area (Å²) in [5.41, 5.74) is -8.05. The van der Waals surface area contributed by atoms with E-state index in [1.807, 2.05) is 6.92 Å². The smallest absolute Gasteiger partial charge is 0.334 e. The third-order valence-corrected chi connectivity index (χ3v) is 12.6. The molecule has 6 aliphatic rings. The Morgan fingerprint density at radius 1 is 1.00 bits per heavy atom. The molecule has 5 N–H and O–H groups in total. The number of ketones is 1. The number of aliphatic hydroxyl groups is 5. The van der Waals surface area contributed by atoms with Gasteiger partial charge < -0.3 is 35.0 Å². The number of ether oxygens (including phenoxy) is 2. The fraction of sp³-hybridized carbons (Fsp3) is 0.857. The van der Waals surface area contributed by atoms with Crippen LogP contribution in [0.15, 0.2) is 11.1 Å². The summed E-state index contributed by atoms with van der Waals surface area (Å²) in [5.74, 6) is -1.62. The average molecular weight is 521 g/mol. The van der Waals surface area contributed by atoms with E-state index >= 15 is 0 Å². The van der Waals surface area contributed by atoms with Crippen LogP contribution in [0.25, 0.3) is 0 Å². The monoisotopic (exact) mass is 520 g/mol. The highest BCUT2D eigenvalue weighted by atomic mass is 16.6. The van der Waals surface area contributed by atoms with Gasteiger partial charge in [0.05, 0.1) is 23.2 Å². The normalized spacial score (nSPS) is 56.5. The Morgan fingerprint density at radius 2 is 1.68 bits per heavy atom. The molecule has 2 bridgehead atoms. The second-order valence-electron chi connectivity index (χ2n) is 13.5. The van der Waals surface area contributed by atoms with Crippen molar-refractivity contribution in [3.63, 3.8) is 0 Å². The van der Waals surface area contributed by atoms with Gasteiger partial charge in [-0.15, -0.1) is 0 Å². The van der Waals surface area contributed by atoms with Crippen molar-refractivity contribution in [3.05, 3.63) is 11.1 Å². The molecule has 0 aromatic rings. The molecule has 2 aliphatic heterocycles. The van der Waals surface area contributed by atoms with Gasteiger partial charge in [-0.25, -0.2) is 4.79 Å². The lowest BCUT2D eigenvalue weighted by Gasteiger charge is -2.66. The van der Waals surface area contributed by atoms with Crippen molar-refractivity contribution in [2.24, 2.45) is 22.7 Å². The third kappa shape index (κ3) is 2.58. The van der Waals surface area contributed by atoms with Gasteiger partial charge >= 0.3 is 5.97 Å². The first-order valence-corrected chi connectivity index (χ1v) is 13.6. The molecule has 0 aromatic heterocycles. The second-order valence-corrected chi connectivity index (χ2v) is 13.5. The van der Waals surface area contributed by atoms with E-state index in [0.29, 0.717) is 12.0 Å². The van der Waals surface area contributed by atoms with E-state index < -0.39 is 75.5 Å². The van der Waals surface area contributed by atoms with Crippen LogP contribution in [0, 0.1) is 22.7 Å². The van der Waals surface area contributed by atoms with Gasteiger partial charge in [0.25, 0.3) is 0 Å². The summed E-state index contributed by atoms with van der Waals surface area (Å²) >= 11 is 0. The molecule has 6 rings (SSSR count). The van der Waals surface area contributed by atoms with Crippen LogP contribution < -0.4 is 0 Å². The highest BCUT2D eigenvalue weighted by Crippen LogP contribution is 2.73. The van der Waals surface area contributed by atoms with Gasteiger partial charge in [-0.1, -0.05) is 12.5 Å². The summed E-state index contributed by atoms with van der Waals surface area (Å²) in [6, 6.07) is 0. The number of aliphatic hydroxyl groups excluding tert-OH is 1. The number of rotatable bonds is 2. The van der Waals surface area contributed by atoms with Crippen LogP contribution in [-0.2, 0) is 19.1 Å². The van der Waals surface area contributed by atoms with E-state index in [1.165, 1.54) is 6.92 Å². The molecule has 2 heterocycles. The summed E-state index contributed by atoms with van der Waals surface area (Å²) in [6.07, 6.45) is -2.24. The quantitative estimate of drug-likeness (QED) is 0.335. The van der Waals surface area contributed by atoms with Crippen molar-refractivity contribution in [1.82, 2.24) is 0 Å². The minimum absolute atomic E-state index is 0.0212. The maximum Gasteiger partial charge on any atom is 0.334 e. The van der Waals surface area contributed by atoms with Gasteiger partial charge in [-0.3, -0.25) is 4.79 Å². The zero-order chi connectivity index (χ0) is 27.1. The molecular weight excluding hydrogens is 480 g/mol.